The van der Waals surface area contributed by atoms with Crippen LogP contribution >= 0.6 is 22.9 Å². The molecule has 1 amide bonds. The number of nitrogens with zero attached hydrogens (tertiary/aromatic N) is 2. The number of anilines is 1. The first-order valence-corrected chi connectivity index (χ1v) is 9.13. The number of hydrogen-bond acceptors (Lipinski definition) is 4. The average Bonchev–Trinajstić information content (AvgIpc) is 3.05. The highest BCUT2D eigenvalue weighted by Gasteiger charge is 2.19. The lowest BCUT2D eigenvalue weighted by Gasteiger charge is -2.34. The molecule has 24 heavy (non-hydrogen) atoms. The molecular formula is C17H19ClFN3OS. The van der Waals surface area contributed by atoms with Crippen LogP contribution in [-0.4, -0.2) is 48.4 Å². The average molecular weight is 368 g/mol. The molecule has 0 radical (unpaired) electrons. The van der Waals surface area contributed by atoms with Gasteiger partial charge < -0.3 is 5.32 Å². The fraction of sp³-hybridized carbons (Fsp3) is 0.353. The molecule has 1 aliphatic heterocycles. The minimum Gasteiger partial charge on any atom is -0.324 e. The van der Waals surface area contributed by atoms with E-state index in [0.717, 1.165) is 32.7 Å². The van der Waals surface area contributed by atoms with Gasteiger partial charge in [-0.1, -0.05) is 11.6 Å². The van der Waals surface area contributed by atoms with Crippen LogP contribution in [0.3, 0.4) is 0 Å². The van der Waals surface area contributed by atoms with Gasteiger partial charge in [-0.2, -0.15) is 11.3 Å². The van der Waals surface area contributed by atoms with Crippen molar-refractivity contribution in [2.45, 2.75) is 6.54 Å². The lowest BCUT2D eigenvalue weighted by Crippen LogP contribution is -2.48. The zero-order chi connectivity index (χ0) is 16.9. The first-order chi connectivity index (χ1) is 11.6. The Hall–Kier alpha value is -1.47. The van der Waals surface area contributed by atoms with Crippen LogP contribution in [0.4, 0.5) is 10.1 Å². The van der Waals surface area contributed by atoms with Crippen molar-refractivity contribution in [1.82, 2.24) is 9.80 Å². The third-order valence-electron chi connectivity index (χ3n) is 4.02. The topological polar surface area (TPSA) is 35.6 Å². The number of carbonyl (C=O) groups is 1. The van der Waals surface area contributed by atoms with E-state index in [4.69, 9.17) is 11.6 Å². The van der Waals surface area contributed by atoms with E-state index >= 15 is 0 Å². The fourth-order valence-electron chi connectivity index (χ4n) is 2.73. The third kappa shape index (κ3) is 4.77. The molecule has 2 heterocycles. The summed E-state index contributed by atoms with van der Waals surface area (Å²) in [5.41, 5.74) is 1.79. The number of benzene rings is 1. The summed E-state index contributed by atoms with van der Waals surface area (Å²) in [6.45, 7) is 4.89. The maximum Gasteiger partial charge on any atom is 0.238 e. The normalized spacial score (nSPS) is 16.2. The molecule has 1 aromatic heterocycles. The van der Waals surface area contributed by atoms with Crippen molar-refractivity contribution in [2.75, 3.05) is 38.0 Å². The summed E-state index contributed by atoms with van der Waals surface area (Å²) in [5, 5.41) is 7.22. The summed E-state index contributed by atoms with van der Waals surface area (Å²) in [5.74, 6) is -0.547. The van der Waals surface area contributed by atoms with E-state index in [-0.39, 0.29) is 10.9 Å². The summed E-state index contributed by atoms with van der Waals surface area (Å²) in [7, 11) is 0. The van der Waals surface area contributed by atoms with Gasteiger partial charge in [-0.05, 0) is 40.6 Å². The lowest BCUT2D eigenvalue weighted by atomic mass is 10.2. The predicted molar refractivity (Wildman–Crippen MR) is 96.1 cm³/mol. The van der Waals surface area contributed by atoms with E-state index < -0.39 is 5.82 Å². The molecule has 1 aliphatic rings. The van der Waals surface area contributed by atoms with Gasteiger partial charge in [-0.25, -0.2) is 4.39 Å². The first kappa shape index (κ1) is 17.4. The Balaban J connectivity index is 1.44. The van der Waals surface area contributed by atoms with Crippen molar-refractivity contribution in [3.05, 3.63) is 51.4 Å². The summed E-state index contributed by atoms with van der Waals surface area (Å²) in [4.78, 5) is 16.7. The Kier molecular flexibility index (Phi) is 5.84. The smallest absolute Gasteiger partial charge is 0.238 e. The minimum absolute atomic E-state index is 0.130. The van der Waals surface area contributed by atoms with Crippen LogP contribution in [0.15, 0.2) is 35.0 Å². The van der Waals surface area contributed by atoms with E-state index in [2.05, 4.69) is 31.9 Å². The van der Waals surface area contributed by atoms with E-state index in [1.807, 2.05) is 0 Å². The monoisotopic (exact) mass is 367 g/mol. The quantitative estimate of drug-likeness (QED) is 0.880. The molecule has 0 spiro atoms. The second kappa shape index (κ2) is 8.07. The second-order valence-corrected chi connectivity index (χ2v) is 7.04. The Morgan fingerprint density at radius 1 is 1.21 bits per heavy atom. The molecule has 2 aromatic rings. The number of thiophene rings is 1. The van der Waals surface area contributed by atoms with Crippen LogP contribution in [-0.2, 0) is 11.3 Å². The molecule has 1 saturated heterocycles. The molecule has 0 unspecified atom stereocenters. The number of amides is 1. The zero-order valence-corrected chi connectivity index (χ0v) is 14.7. The maximum absolute atomic E-state index is 13.0. The van der Waals surface area contributed by atoms with Crippen LogP contribution in [0.2, 0.25) is 5.02 Å². The molecule has 1 fully saturated rings. The van der Waals surface area contributed by atoms with Crippen molar-refractivity contribution >= 4 is 34.5 Å². The zero-order valence-electron chi connectivity index (χ0n) is 13.2. The molecule has 0 saturated carbocycles. The maximum atomic E-state index is 13.0. The molecule has 1 aromatic carbocycles. The van der Waals surface area contributed by atoms with Gasteiger partial charge in [-0.15, -0.1) is 0 Å². The van der Waals surface area contributed by atoms with Crippen LogP contribution in [0.1, 0.15) is 5.56 Å². The van der Waals surface area contributed by atoms with Gasteiger partial charge in [0.05, 0.1) is 17.3 Å². The van der Waals surface area contributed by atoms with Crippen LogP contribution < -0.4 is 5.32 Å². The van der Waals surface area contributed by atoms with Crippen LogP contribution in [0, 0.1) is 5.82 Å². The van der Waals surface area contributed by atoms with Gasteiger partial charge >= 0.3 is 0 Å². The number of hydrogen-bond donors (Lipinski definition) is 1. The van der Waals surface area contributed by atoms with Crippen molar-refractivity contribution in [3.8, 4) is 0 Å². The number of carbonyl (C=O) groups excluding carboxylic acids is 1. The van der Waals surface area contributed by atoms with Gasteiger partial charge in [0, 0.05) is 32.7 Å². The van der Waals surface area contributed by atoms with Gasteiger partial charge in [0.1, 0.15) is 5.82 Å². The molecule has 0 aliphatic carbocycles. The van der Waals surface area contributed by atoms with Gasteiger partial charge in [0.25, 0.3) is 0 Å². The minimum atomic E-state index is -0.417. The molecule has 7 heteroatoms. The Morgan fingerprint density at radius 3 is 2.62 bits per heavy atom. The summed E-state index contributed by atoms with van der Waals surface area (Å²) in [6, 6.07) is 6.11. The molecule has 128 valence electrons. The van der Waals surface area contributed by atoms with Crippen molar-refractivity contribution < 1.29 is 9.18 Å². The Bertz CT molecular complexity index is 687. The standard InChI is InChI=1S/C17H19ClFN3OS/c18-15-9-14(19)1-2-16(15)20-17(23)11-22-6-4-21(5-7-22)10-13-3-8-24-12-13/h1-3,8-9,12H,4-7,10-11H2,(H,20,23). The van der Waals surface area contributed by atoms with Crippen LogP contribution in [0.5, 0.6) is 0 Å². The van der Waals surface area contributed by atoms with E-state index in [0.29, 0.717) is 12.2 Å². The highest BCUT2D eigenvalue weighted by molar-refractivity contribution is 7.07. The number of nitrogens with one attached hydrogen (secondary N) is 1. The highest BCUT2D eigenvalue weighted by Crippen LogP contribution is 2.22. The Labute approximate surface area is 149 Å². The predicted octanol–water partition coefficient (Wildman–Crippen LogP) is 3.30. The molecule has 4 nitrogen and oxygen atoms in total. The number of halogens is 2. The lowest BCUT2D eigenvalue weighted by molar-refractivity contribution is -0.117. The third-order valence-corrected chi connectivity index (χ3v) is 5.07. The molecule has 0 atom stereocenters. The molecule has 0 bridgehead atoms. The molecular weight excluding hydrogens is 349 g/mol. The van der Waals surface area contributed by atoms with E-state index in [1.165, 1.54) is 23.8 Å². The number of rotatable bonds is 5. The van der Waals surface area contributed by atoms with Crippen molar-refractivity contribution in [2.24, 2.45) is 0 Å². The van der Waals surface area contributed by atoms with Crippen molar-refractivity contribution in [1.29, 1.82) is 0 Å². The first-order valence-electron chi connectivity index (χ1n) is 7.81. The van der Waals surface area contributed by atoms with Gasteiger partial charge in [-0.3, -0.25) is 14.6 Å². The molecule has 1 N–H and O–H groups in total. The summed E-state index contributed by atoms with van der Waals surface area (Å²) < 4.78 is 13.0. The largest absolute Gasteiger partial charge is 0.324 e. The number of piperazine rings is 1. The van der Waals surface area contributed by atoms with Gasteiger partial charge in [0.2, 0.25) is 5.91 Å². The van der Waals surface area contributed by atoms with Gasteiger partial charge in [0.15, 0.2) is 0 Å². The second-order valence-electron chi connectivity index (χ2n) is 5.86. The highest BCUT2D eigenvalue weighted by atomic mass is 35.5. The summed E-state index contributed by atoms with van der Waals surface area (Å²) in [6.07, 6.45) is 0. The SMILES string of the molecule is O=C(CN1CCN(Cc2ccsc2)CC1)Nc1ccc(F)cc1Cl. The van der Waals surface area contributed by atoms with Crippen LogP contribution in [0.25, 0.3) is 0 Å². The van der Waals surface area contributed by atoms with Crippen molar-refractivity contribution in [3.63, 3.8) is 0 Å². The Morgan fingerprint density at radius 2 is 1.96 bits per heavy atom. The molecule has 3 rings (SSSR count). The van der Waals surface area contributed by atoms with E-state index in [9.17, 15) is 9.18 Å². The summed E-state index contributed by atoms with van der Waals surface area (Å²) >= 11 is 7.64. The fourth-order valence-corrected chi connectivity index (χ4v) is 3.60. The van der Waals surface area contributed by atoms with E-state index in [1.54, 1.807) is 11.3 Å².